The summed E-state index contributed by atoms with van der Waals surface area (Å²) in [4.78, 5) is 12.4. The fourth-order valence-corrected chi connectivity index (χ4v) is 7.14. The Labute approximate surface area is 216 Å². The first-order valence-electron chi connectivity index (χ1n) is 12.8. The van der Waals surface area contributed by atoms with Crippen molar-refractivity contribution in [1.82, 2.24) is 14.9 Å². The van der Waals surface area contributed by atoms with Crippen molar-refractivity contribution in [2.24, 2.45) is 0 Å². The van der Waals surface area contributed by atoms with Gasteiger partial charge in [0, 0.05) is 40.8 Å². The van der Waals surface area contributed by atoms with Gasteiger partial charge in [-0.3, -0.25) is 14.9 Å². The summed E-state index contributed by atoms with van der Waals surface area (Å²) in [7, 11) is 0. The highest BCUT2D eigenvalue weighted by Gasteiger charge is 2.38. The van der Waals surface area contributed by atoms with Gasteiger partial charge in [-0.15, -0.1) is 11.3 Å². The zero-order chi connectivity index (χ0) is 25.4. The number of hydrogen-bond acceptors (Lipinski definition) is 4. The Morgan fingerprint density at radius 2 is 1.75 bits per heavy atom. The molecule has 1 fully saturated rings. The number of nitrogens with zero attached hydrogens (tertiary/aromatic N) is 3. The lowest BCUT2D eigenvalue weighted by Gasteiger charge is -2.45. The van der Waals surface area contributed by atoms with Crippen LogP contribution in [0, 0.1) is 25.5 Å². The second kappa shape index (κ2) is 9.98. The average Bonchev–Trinajstić information content (AvgIpc) is 3.26. The number of benzene rings is 2. The number of hydrogen-bond donors (Lipinski definition) is 0. The van der Waals surface area contributed by atoms with Crippen LogP contribution in [0.4, 0.5) is 8.78 Å². The van der Waals surface area contributed by atoms with E-state index in [1.807, 2.05) is 6.92 Å². The lowest BCUT2D eigenvalue weighted by molar-refractivity contribution is 0.0397. The molecule has 0 unspecified atom stereocenters. The van der Waals surface area contributed by atoms with Gasteiger partial charge in [0.2, 0.25) is 0 Å². The predicted molar refractivity (Wildman–Crippen MR) is 144 cm³/mol. The summed E-state index contributed by atoms with van der Waals surface area (Å²) in [6, 6.07) is 9.37. The summed E-state index contributed by atoms with van der Waals surface area (Å²) in [6.45, 7) is 9.29. The minimum absolute atomic E-state index is 0.348. The Hall–Kier alpha value is -2.70. The van der Waals surface area contributed by atoms with E-state index in [1.54, 1.807) is 18.6 Å². The van der Waals surface area contributed by atoms with Crippen molar-refractivity contribution in [3.05, 3.63) is 82.1 Å². The standard InChI is InChI=1S/C30H33F2N3S/c1-19-10-11-21(26-17-33-14-15-34-26)16-22(19)18-35(23-8-6-5-7-9-23)30(3,4)29-20(2)27-24(31)12-13-25(32)28(27)36-29/h10-17,23H,5-9,18H2,1-4H3. The molecular weight excluding hydrogens is 472 g/mol. The summed E-state index contributed by atoms with van der Waals surface area (Å²) in [6.07, 6.45) is 11.2. The summed E-state index contributed by atoms with van der Waals surface area (Å²) in [5, 5.41) is 0.424. The molecule has 0 atom stereocenters. The fraction of sp³-hybridized carbons (Fsp3) is 0.400. The topological polar surface area (TPSA) is 29.0 Å². The lowest BCUT2D eigenvalue weighted by Crippen LogP contribution is -2.48. The molecule has 0 saturated heterocycles. The summed E-state index contributed by atoms with van der Waals surface area (Å²) in [5.41, 5.74) is 4.82. The average molecular weight is 506 g/mol. The number of thiophene rings is 1. The molecule has 3 nitrogen and oxygen atoms in total. The maximum atomic E-state index is 14.8. The second-order valence-electron chi connectivity index (χ2n) is 10.5. The number of halogens is 2. The van der Waals surface area contributed by atoms with Crippen molar-refractivity contribution < 1.29 is 8.78 Å². The largest absolute Gasteiger partial charge is 0.286 e. The predicted octanol–water partition coefficient (Wildman–Crippen LogP) is 8.32. The van der Waals surface area contributed by atoms with E-state index in [0.29, 0.717) is 16.1 Å². The smallest absolute Gasteiger partial charge is 0.141 e. The molecular formula is C30H33F2N3S. The van der Waals surface area contributed by atoms with Crippen molar-refractivity contribution in [2.75, 3.05) is 0 Å². The number of fused-ring (bicyclic) bond motifs is 1. The summed E-state index contributed by atoms with van der Waals surface area (Å²) in [5.74, 6) is -0.697. The van der Waals surface area contributed by atoms with Crippen LogP contribution < -0.4 is 0 Å². The molecule has 0 bridgehead atoms. The Balaban J connectivity index is 1.59. The van der Waals surface area contributed by atoms with Crippen molar-refractivity contribution in [2.45, 2.75) is 77.9 Å². The quantitative estimate of drug-likeness (QED) is 0.264. The SMILES string of the molecule is Cc1ccc(-c2cnccn2)cc1CN(C1CCCCC1)C(C)(C)c1sc2c(F)ccc(F)c2c1C. The van der Waals surface area contributed by atoms with E-state index in [2.05, 4.69) is 53.8 Å². The van der Waals surface area contributed by atoms with E-state index in [9.17, 15) is 8.78 Å². The van der Waals surface area contributed by atoms with Crippen LogP contribution in [0.15, 0.2) is 48.9 Å². The molecule has 0 spiro atoms. The van der Waals surface area contributed by atoms with Gasteiger partial charge in [0.05, 0.1) is 22.1 Å². The lowest BCUT2D eigenvalue weighted by atomic mass is 9.87. The third kappa shape index (κ3) is 4.57. The maximum absolute atomic E-state index is 14.8. The maximum Gasteiger partial charge on any atom is 0.141 e. The first-order chi connectivity index (χ1) is 17.3. The molecule has 6 heteroatoms. The zero-order valence-corrected chi connectivity index (χ0v) is 22.3. The Kier molecular flexibility index (Phi) is 6.92. The van der Waals surface area contributed by atoms with Gasteiger partial charge < -0.3 is 0 Å². The summed E-state index contributed by atoms with van der Waals surface area (Å²) >= 11 is 1.40. The molecule has 4 aromatic rings. The van der Waals surface area contributed by atoms with Crippen molar-refractivity contribution in [3.63, 3.8) is 0 Å². The van der Waals surface area contributed by atoms with E-state index in [0.717, 1.165) is 41.1 Å². The first-order valence-corrected chi connectivity index (χ1v) is 13.6. The van der Waals surface area contributed by atoms with Crippen LogP contribution in [-0.4, -0.2) is 20.9 Å². The van der Waals surface area contributed by atoms with Gasteiger partial charge in [-0.1, -0.05) is 31.4 Å². The van der Waals surface area contributed by atoms with Crippen molar-refractivity contribution in [1.29, 1.82) is 0 Å². The van der Waals surface area contributed by atoms with Crippen molar-refractivity contribution in [3.8, 4) is 11.3 Å². The van der Waals surface area contributed by atoms with E-state index in [4.69, 9.17) is 0 Å². The monoisotopic (exact) mass is 505 g/mol. The van der Waals surface area contributed by atoms with Gasteiger partial charge >= 0.3 is 0 Å². The highest BCUT2D eigenvalue weighted by molar-refractivity contribution is 7.19. The number of rotatable bonds is 6. The third-order valence-corrected chi connectivity index (χ3v) is 9.43. The highest BCUT2D eigenvalue weighted by atomic mass is 32.1. The van der Waals surface area contributed by atoms with Crippen LogP contribution in [0.3, 0.4) is 0 Å². The molecule has 188 valence electrons. The number of aromatic nitrogens is 2. The zero-order valence-electron chi connectivity index (χ0n) is 21.4. The van der Waals surface area contributed by atoms with Gasteiger partial charge in [0.25, 0.3) is 0 Å². The van der Waals surface area contributed by atoms with Crippen molar-refractivity contribution >= 4 is 21.4 Å². The van der Waals surface area contributed by atoms with Gasteiger partial charge in [0.15, 0.2) is 0 Å². The van der Waals surface area contributed by atoms with Crippen LogP contribution in [0.1, 0.15) is 67.5 Å². The normalized spacial score (nSPS) is 15.2. The Morgan fingerprint density at radius 1 is 1.00 bits per heavy atom. The van der Waals surface area contributed by atoms with E-state index >= 15 is 0 Å². The minimum atomic E-state index is -0.399. The molecule has 2 heterocycles. The van der Waals surface area contributed by atoms with Gasteiger partial charge in [-0.05, 0) is 75.4 Å². The molecule has 2 aromatic heterocycles. The molecule has 1 saturated carbocycles. The second-order valence-corrected chi connectivity index (χ2v) is 11.5. The van der Waals surface area contributed by atoms with Gasteiger partial charge in [-0.2, -0.15) is 0 Å². The molecule has 1 aliphatic carbocycles. The van der Waals surface area contributed by atoms with Crippen LogP contribution in [0.2, 0.25) is 0 Å². The molecule has 5 rings (SSSR count). The minimum Gasteiger partial charge on any atom is -0.286 e. The Bertz CT molecular complexity index is 1370. The molecule has 36 heavy (non-hydrogen) atoms. The molecule has 0 amide bonds. The van der Waals surface area contributed by atoms with E-state index in [-0.39, 0.29) is 11.6 Å². The number of aryl methyl sites for hydroxylation is 2. The fourth-order valence-electron chi connectivity index (χ4n) is 5.80. The molecule has 2 aromatic carbocycles. The van der Waals surface area contributed by atoms with Crippen LogP contribution >= 0.6 is 11.3 Å². The van der Waals surface area contributed by atoms with Crippen LogP contribution in [-0.2, 0) is 12.1 Å². The molecule has 0 radical (unpaired) electrons. The first kappa shape index (κ1) is 25.0. The third-order valence-electron chi connectivity index (χ3n) is 7.82. The molecule has 0 N–H and O–H groups in total. The highest BCUT2D eigenvalue weighted by Crippen LogP contribution is 2.45. The Morgan fingerprint density at radius 3 is 2.44 bits per heavy atom. The van der Waals surface area contributed by atoms with Crippen LogP contribution in [0.25, 0.3) is 21.3 Å². The summed E-state index contributed by atoms with van der Waals surface area (Å²) < 4.78 is 29.9. The van der Waals surface area contributed by atoms with E-state index < -0.39 is 5.54 Å². The molecule has 0 aliphatic heterocycles. The van der Waals surface area contributed by atoms with Gasteiger partial charge in [-0.25, -0.2) is 8.78 Å². The van der Waals surface area contributed by atoms with Crippen LogP contribution in [0.5, 0.6) is 0 Å². The van der Waals surface area contributed by atoms with Gasteiger partial charge in [0.1, 0.15) is 11.6 Å². The van der Waals surface area contributed by atoms with E-state index in [1.165, 1.54) is 53.9 Å². The molecule has 1 aliphatic rings.